The molecule has 0 aliphatic heterocycles. The van der Waals surface area contributed by atoms with Crippen LogP contribution in [0.5, 0.6) is 0 Å². The maximum Gasteiger partial charge on any atom is 0.418 e. The van der Waals surface area contributed by atoms with E-state index in [1.54, 1.807) is 47.8 Å². The highest BCUT2D eigenvalue weighted by molar-refractivity contribution is 6.06. The summed E-state index contributed by atoms with van der Waals surface area (Å²) < 4.78 is 55.0. The molecule has 0 unspecified atom stereocenters. The van der Waals surface area contributed by atoms with Gasteiger partial charge in [0.1, 0.15) is 30.6 Å². The molecule has 0 atom stereocenters. The van der Waals surface area contributed by atoms with E-state index in [1.165, 1.54) is 12.1 Å². The average molecular weight is 403 g/mol. The average Bonchev–Trinajstić information content (AvgIpc) is 2.64. The minimum absolute atomic E-state index is 0.0413. The minimum atomic E-state index is -4.77. The van der Waals surface area contributed by atoms with Gasteiger partial charge in [-0.25, -0.2) is 9.37 Å². The topological polar surface area (TPSA) is 49.6 Å². The van der Waals surface area contributed by atoms with E-state index >= 15 is 0 Å². The minimum Gasteiger partial charge on any atom is -0.455 e. The van der Waals surface area contributed by atoms with Gasteiger partial charge in [0.05, 0.1) is 17.0 Å². The van der Waals surface area contributed by atoms with Gasteiger partial charge in [0.2, 0.25) is 5.36 Å². The van der Waals surface area contributed by atoms with Gasteiger partial charge in [-0.3, -0.25) is 0 Å². The Morgan fingerprint density at radius 1 is 0.931 bits per heavy atom. The molecule has 29 heavy (non-hydrogen) atoms. The number of alkyl halides is 3. The normalized spacial score (nSPS) is 12.1. The fourth-order valence-corrected chi connectivity index (χ4v) is 3.38. The SMILES string of the molecule is CN(C)c1ccc2c(C(F)(F)F)c3c(=O)oc4cc(=[N+](C)C)ccc4c3oc2c1. The smallest absolute Gasteiger partial charge is 0.418 e. The molecule has 4 aromatic rings. The van der Waals surface area contributed by atoms with Gasteiger partial charge < -0.3 is 13.7 Å². The number of rotatable bonds is 1. The summed E-state index contributed by atoms with van der Waals surface area (Å²) >= 11 is 0. The molecule has 0 aliphatic carbocycles. The molecule has 150 valence electrons. The summed E-state index contributed by atoms with van der Waals surface area (Å²) in [6.07, 6.45) is -4.77. The van der Waals surface area contributed by atoms with Crippen molar-refractivity contribution in [1.29, 1.82) is 0 Å². The van der Waals surface area contributed by atoms with Crippen LogP contribution in [0.15, 0.2) is 50.0 Å². The van der Waals surface area contributed by atoms with Crippen molar-refractivity contribution in [3.8, 4) is 0 Å². The third kappa shape index (κ3) is 3.04. The van der Waals surface area contributed by atoms with Crippen LogP contribution in [0.1, 0.15) is 5.56 Å². The van der Waals surface area contributed by atoms with E-state index in [4.69, 9.17) is 8.83 Å². The lowest BCUT2D eigenvalue weighted by atomic mass is 10.0. The van der Waals surface area contributed by atoms with E-state index in [-0.39, 0.29) is 22.1 Å². The molecule has 5 nitrogen and oxygen atoms in total. The zero-order valence-corrected chi connectivity index (χ0v) is 16.2. The maximum atomic E-state index is 14.0. The Morgan fingerprint density at radius 2 is 1.59 bits per heavy atom. The number of anilines is 1. The van der Waals surface area contributed by atoms with E-state index in [1.807, 2.05) is 14.1 Å². The summed E-state index contributed by atoms with van der Waals surface area (Å²) in [6, 6.07) is 9.31. The molecule has 4 rings (SSSR count). The monoisotopic (exact) mass is 403 g/mol. The highest BCUT2D eigenvalue weighted by Gasteiger charge is 2.38. The lowest BCUT2D eigenvalue weighted by molar-refractivity contribution is -0.135. The van der Waals surface area contributed by atoms with Crippen molar-refractivity contribution >= 4 is 38.6 Å². The van der Waals surface area contributed by atoms with Gasteiger partial charge >= 0.3 is 11.8 Å². The molecule has 0 saturated carbocycles. The van der Waals surface area contributed by atoms with Crippen LogP contribution in [-0.2, 0) is 6.18 Å². The van der Waals surface area contributed by atoms with Crippen molar-refractivity contribution in [2.45, 2.75) is 6.18 Å². The molecule has 0 radical (unpaired) electrons. The quantitative estimate of drug-likeness (QED) is 0.210. The third-order valence-electron chi connectivity index (χ3n) is 4.86. The van der Waals surface area contributed by atoms with Crippen LogP contribution in [-0.4, -0.2) is 28.2 Å². The summed E-state index contributed by atoms with van der Waals surface area (Å²) in [7, 11) is 7.17. The molecule has 2 aromatic carbocycles. The van der Waals surface area contributed by atoms with Gasteiger partial charge in [-0.1, -0.05) is 0 Å². The second kappa shape index (κ2) is 6.37. The molecule has 2 heterocycles. The van der Waals surface area contributed by atoms with Gasteiger partial charge in [0, 0.05) is 37.3 Å². The fourth-order valence-electron chi connectivity index (χ4n) is 3.38. The second-order valence-electron chi connectivity index (χ2n) is 7.22. The molecule has 8 heteroatoms. The van der Waals surface area contributed by atoms with Crippen molar-refractivity contribution in [2.24, 2.45) is 0 Å². The lowest BCUT2D eigenvalue weighted by Gasteiger charge is -2.16. The number of hydrogen-bond acceptors (Lipinski definition) is 4. The lowest BCUT2D eigenvalue weighted by Crippen LogP contribution is -2.21. The Balaban J connectivity index is 2.28. The van der Waals surface area contributed by atoms with Gasteiger partial charge in [0.25, 0.3) is 0 Å². The molecular weight excluding hydrogens is 385 g/mol. The van der Waals surface area contributed by atoms with Gasteiger partial charge in [-0.2, -0.15) is 13.2 Å². The van der Waals surface area contributed by atoms with E-state index in [9.17, 15) is 18.0 Å². The standard InChI is InChI=1S/C21H18F3N2O3/c1-25(2)11-5-7-13-15(9-11)28-19-14-8-6-12(26(3)4)10-16(14)29-20(27)17(19)18(13)21(22,23)24/h5-10H,1-4H3/q+1. The van der Waals surface area contributed by atoms with Crippen molar-refractivity contribution in [3.63, 3.8) is 0 Å². The number of halogens is 3. The number of benzene rings is 2. The Kier molecular flexibility index (Phi) is 4.18. The number of nitrogens with zero attached hydrogens (tertiary/aromatic N) is 2. The first kappa shape index (κ1) is 19.0. The summed E-state index contributed by atoms with van der Waals surface area (Å²) in [5.41, 5.74) is -1.40. The molecule has 0 fully saturated rings. The van der Waals surface area contributed by atoms with Crippen LogP contribution in [0.4, 0.5) is 18.9 Å². The van der Waals surface area contributed by atoms with Crippen LogP contribution in [0.25, 0.3) is 32.9 Å². The summed E-state index contributed by atoms with van der Waals surface area (Å²) in [5.74, 6) is 0. The molecule has 0 N–H and O–H groups in total. The first-order chi connectivity index (χ1) is 13.6. The number of fused-ring (bicyclic) bond motifs is 4. The van der Waals surface area contributed by atoms with E-state index in [0.717, 1.165) is 5.36 Å². The molecule has 2 aromatic heterocycles. The Labute approximate surface area is 162 Å². The van der Waals surface area contributed by atoms with Crippen LogP contribution < -0.4 is 20.5 Å². The van der Waals surface area contributed by atoms with Crippen LogP contribution >= 0.6 is 0 Å². The Hall–Kier alpha value is -3.29. The zero-order chi connectivity index (χ0) is 21.1. The summed E-state index contributed by atoms with van der Waals surface area (Å²) in [5, 5.41) is 0.249. The highest BCUT2D eigenvalue weighted by Crippen LogP contribution is 2.41. The van der Waals surface area contributed by atoms with Gasteiger partial charge in [-0.05, 0) is 18.2 Å². The Bertz CT molecular complexity index is 1410. The largest absolute Gasteiger partial charge is 0.455 e. The van der Waals surface area contributed by atoms with Crippen molar-refractivity contribution in [3.05, 3.63) is 57.7 Å². The van der Waals surface area contributed by atoms with Gasteiger partial charge in [-0.15, -0.1) is 0 Å². The van der Waals surface area contributed by atoms with Crippen molar-refractivity contribution in [1.82, 2.24) is 4.58 Å². The van der Waals surface area contributed by atoms with Crippen molar-refractivity contribution < 1.29 is 22.0 Å². The maximum absolute atomic E-state index is 14.0. The molecule has 0 spiro atoms. The summed E-state index contributed by atoms with van der Waals surface area (Å²) in [6.45, 7) is 0. The van der Waals surface area contributed by atoms with Crippen LogP contribution in [0, 0.1) is 0 Å². The molecule has 0 saturated heterocycles. The predicted octanol–water partition coefficient (Wildman–Crippen LogP) is 3.81. The molecule has 0 bridgehead atoms. The van der Waals surface area contributed by atoms with E-state index in [0.29, 0.717) is 11.1 Å². The van der Waals surface area contributed by atoms with Crippen molar-refractivity contribution in [2.75, 3.05) is 33.1 Å². The van der Waals surface area contributed by atoms with Crippen LogP contribution in [0.2, 0.25) is 0 Å². The first-order valence-corrected chi connectivity index (χ1v) is 8.80. The first-order valence-electron chi connectivity index (χ1n) is 8.80. The predicted molar refractivity (Wildman–Crippen MR) is 106 cm³/mol. The van der Waals surface area contributed by atoms with E-state index in [2.05, 4.69) is 0 Å². The Morgan fingerprint density at radius 3 is 2.21 bits per heavy atom. The second-order valence-corrected chi connectivity index (χ2v) is 7.22. The summed E-state index contributed by atoms with van der Waals surface area (Å²) in [4.78, 5) is 14.4. The van der Waals surface area contributed by atoms with Crippen LogP contribution in [0.3, 0.4) is 0 Å². The highest BCUT2D eigenvalue weighted by atomic mass is 19.4. The third-order valence-corrected chi connectivity index (χ3v) is 4.86. The molecule has 0 amide bonds. The fraction of sp³-hybridized carbons (Fsp3) is 0.238. The van der Waals surface area contributed by atoms with E-state index < -0.39 is 22.8 Å². The molecule has 0 aliphatic rings. The molecular formula is C21H18F3N2O3+. The van der Waals surface area contributed by atoms with Gasteiger partial charge in [0.15, 0.2) is 5.58 Å². The zero-order valence-electron chi connectivity index (χ0n) is 16.2. The number of hydrogen-bond donors (Lipinski definition) is 0.